The molecule has 1 aromatic heterocycles. The summed E-state index contributed by atoms with van der Waals surface area (Å²) in [6.07, 6.45) is 11.5. The highest BCUT2D eigenvalue weighted by atomic mass is 16.5. The molecule has 55 heavy (non-hydrogen) atoms. The highest BCUT2D eigenvalue weighted by Crippen LogP contribution is 2.63. The molecule has 4 nitrogen and oxygen atoms in total. The SMILES string of the molecule is CC1(C)C2=CC3=C(OC4C=CC=CC34)C3c4ccccc4N(c4ccc(N(c5ccccc5)c5ccc6c(c5)c5ccccc5n6-c5ccccc5)cc41)C23. The van der Waals surface area contributed by atoms with Crippen molar-refractivity contribution in [2.45, 2.75) is 37.3 Å². The van der Waals surface area contributed by atoms with E-state index in [1.807, 2.05) is 0 Å². The Morgan fingerprint density at radius 1 is 0.618 bits per heavy atom. The van der Waals surface area contributed by atoms with Crippen LogP contribution in [-0.2, 0) is 10.2 Å². The Morgan fingerprint density at radius 3 is 2.20 bits per heavy atom. The molecular formula is C51H39N3O. The number of fused-ring (bicyclic) bond motifs is 11. The second-order valence-corrected chi connectivity index (χ2v) is 16.0. The number of para-hydroxylation sites is 4. The van der Waals surface area contributed by atoms with Crippen LogP contribution in [-0.4, -0.2) is 16.7 Å². The fourth-order valence-corrected chi connectivity index (χ4v) is 10.4. The van der Waals surface area contributed by atoms with Gasteiger partial charge in [-0.3, -0.25) is 0 Å². The average Bonchev–Trinajstić information content (AvgIpc) is 3.89. The molecule has 0 bridgehead atoms. The van der Waals surface area contributed by atoms with Crippen molar-refractivity contribution in [3.63, 3.8) is 0 Å². The van der Waals surface area contributed by atoms with Crippen molar-refractivity contribution in [1.82, 2.24) is 4.57 Å². The van der Waals surface area contributed by atoms with Gasteiger partial charge in [-0.1, -0.05) is 111 Å². The molecule has 7 aromatic rings. The summed E-state index contributed by atoms with van der Waals surface area (Å²) >= 11 is 0. The maximum Gasteiger partial charge on any atom is 0.127 e. The van der Waals surface area contributed by atoms with Crippen LogP contribution in [0.4, 0.5) is 28.4 Å². The molecule has 0 radical (unpaired) electrons. The van der Waals surface area contributed by atoms with Crippen LogP contribution in [0.2, 0.25) is 0 Å². The van der Waals surface area contributed by atoms with Crippen LogP contribution in [0, 0.1) is 5.92 Å². The van der Waals surface area contributed by atoms with E-state index in [-0.39, 0.29) is 29.4 Å². The molecular weight excluding hydrogens is 671 g/mol. The van der Waals surface area contributed by atoms with E-state index in [4.69, 9.17) is 4.74 Å². The van der Waals surface area contributed by atoms with Crippen LogP contribution in [0.5, 0.6) is 0 Å². The van der Waals surface area contributed by atoms with Gasteiger partial charge in [-0.25, -0.2) is 0 Å². The number of hydrogen-bond acceptors (Lipinski definition) is 3. The van der Waals surface area contributed by atoms with Gasteiger partial charge >= 0.3 is 0 Å². The van der Waals surface area contributed by atoms with E-state index in [2.05, 4.69) is 204 Å². The zero-order valence-electron chi connectivity index (χ0n) is 30.8. The fraction of sp³-hybridized carbons (Fsp3) is 0.137. The molecule has 3 aliphatic heterocycles. The van der Waals surface area contributed by atoms with Crippen LogP contribution in [0.15, 0.2) is 193 Å². The second kappa shape index (κ2) is 11.3. The third-order valence-corrected chi connectivity index (χ3v) is 12.9. The molecule has 4 unspecified atom stereocenters. The molecule has 2 aliphatic carbocycles. The first-order valence-electron chi connectivity index (χ1n) is 19.5. The molecule has 0 amide bonds. The highest BCUT2D eigenvalue weighted by molar-refractivity contribution is 6.10. The number of anilines is 5. The number of benzene rings is 6. The molecule has 5 aliphatic rings. The number of nitrogens with zero attached hydrogens (tertiary/aromatic N) is 3. The van der Waals surface area contributed by atoms with E-state index >= 15 is 0 Å². The molecule has 0 saturated heterocycles. The van der Waals surface area contributed by atoms with Crippen molar-refractivity contribution in [2.24, 2.45) is 5.92 Å². The lowest BCUT2D eigenvalue weighted by atomic mass is 9.65. The number of aromatic nitrogens is 1. The minimum absolute atomic E-state index is 0.0591. The summed E-state index contributed by atoms with van der Waals surface area (Å²) in [7, 11) is 0. The Bertz CT molecular complexity index is 2860. The molecule has 4 heterocycles. The number of ether oxygens (including phenoxy) is 1. The van der Waals surface area contributed by atoms with E-state index in [0.717, 1.165) is 28.5 Å². The summed E-state index contributed by atoms with van der Waals surface area (Å²) in [4.78, 5) is 5.05. The van der Waals surface area contributed by atoms with E-state index in [1.54, 1.807) is 0 Å². The van der Waals surface area contributed by atoms with Gasteiger partial charge in [0.25, 0.3) is 0 Å². The van der Waals surface area contributed by atoms with Crippen molar-refractivity contribution in [3.8, 4) is 5.69 Å². The van der Waals surface area contributed by atoms with Gasteiger partial charge in [0.05, 0.1) is 23.0 Å². The van der Waals surface area contributed by atoms with Gasteiger partial charge in [0, 0.05) is 61.8 Å². The minimum Gasteiger partial charge on any atom is -0.489 e. The quantitative estimate of drug-likeness (QED) is 0.181. The van der Waals surface area contributed by atoms with Crippen LogP contribution in [0.1, 0.15) is 30.9 Å². The van der Waals surface area contributed by atoms with E-state index in [9.17, 15) is 0 Å². The smallest absolute Gasteiger partial charge is 0.127 e. The van der Waals surface area contributed by atoms with Crippen molar-refractivity contribution in [3.05, 3.63) is 204 Å². The minimum atomic E-state index is -0.229. The summed E-state index contributed by atoms with van der Waals surface area (Å²) in [6.45, 7) is 4.87. The van der Waals surface area contributed by atoms with Gasteiger partial charge in [0.2, 0.25) is 0 Å². The van der Waals surface area contributed by atoms with Crippen LogP contribution < -0.4 is 9.80 Å². The molecule has 4 heteroatoms. The molecule has 0 spiro atoms. The lowest BCUT2D eigenvalue weighted by Crippen LogP contribution is -2.46. The Hall–Kier alpha value is -6.52. The summed E-state index contributed by atoms with van der Waals surface area (Å²) in [5.74, 6) is 1.57. The predicted molar refractivity (Wildman–Crippen MR) is 225 cm³/mol. The lowest BCUT2D eigenvalue weighted by molar-refractivity contribution is 0.149. The van der Waals surface area contributed by atoms with Crippen LogP contribution >= 0.6 is 0 Å². The van der Waals surface area contributed by atoms with Gasteiger partial charge < -0.3 is 19.1 Å². The third-order valence-electron chi connectivity index (χ3n) is 12.9. The Labute approximate surface area is 321 Å². The largest absolute Gasteiger partial charge is 0.489 e. The summed E-state index contributed by atoms with van der Waals surface area (Å²) in [6, 6.07) is 53.6. The Balaban J connectivity index is 1.06. The first kappa shape index (κ1) is 30.9. The van der Waals surface area contributed by atoms with Gasteiger partial charge in [0.1, 0.15) is 11.9 Å². The topological polar surface area (TPSA) is 20.6 Å². The van der Waals surface area contributed by atoms with Gasteiger partial charge in [0.15, 0.2) is 0 Å². The Kier molecular flexibility index (Phi) is 6.32. The van der Waals surface area contributed by atoms with Crippen molar-refractivity contribution in [2.75, 3.05) is 9.80 Å². The molecule has 264 valence electrons. The molecule has 12 rings (SSSR count). The summed E-state index contributed by atoms with van der Waals surface area (Å²) in [5.41, 5.74) is 14.8. The zero-order chi connectivity index (χ0) is 36.4. The Morgan fingerprint density at radius 2 is 1.33 bits per heavy atom. The van der Waals surface area contributed by atoms with Gasteiger partial charge in [-0.2, -0.15) is 0 Å². The number of allylic oxidation sites excluding steroid dienone is 3. The van der Waals surface area contributed by atoms with E-state index in [1.165, 1.54) is 55.5 Å². The normalized spacial score (nSPS) is 22.1. The maximum atomic E-state index is 6.86. The maximum absolute atomic E-state index is 6.86. The third kappa shape index (κ3) is 4.22. The van der Waals surface area contributed by atoms with Crippen molar-refractivity contribution in [1.29, 1.82) is 0 Å². The molecule has 4 atom stereocenters. The van der Waals surface area contributed by atoms with Crippen molar-refractivity contribution < 1.29 is 4.74 Å². The molecule has 6 aromatic carbocycles. The van der Waals surface area contributed by atoms with Gasteiger partial charge in [-0.15, -0.1) is 0 Å². The monoisotopic (exact) mass is 709 g/mol. The summed E-state index contributed by atoms with van der Waals surface area (Å²) < 4.78 is 9.24. The standard InChI is InChI=1S/C51H39N3O/c1-51(2)41-30-35(26-28-46(41)54-44-23-13-10-21-38(44)48-49(54)42(51)31-40-37-20-11-14-24-47(37)55-50(40)48)52(32-15-5-3-6-16-32)34-25-27-45-39(29-34)36-19-9-12-22-43(36)53(45)33-17-7-4-8-18-33/h3-31,37,47-49H,1-2H3. The van der Waals surface area contributed by atoms with E-state index < -0.39 is 0 Å². The van der Waals surface area contributed by atoms with Crippen LogP contribution in [0.25, 0.3) is 27.5 Å². The fourth-order valence-electron chi connectivity index (χ4n) is 10.4. The zero-order valence-corrected chi connectivity index (χ0v) is 30.8. The first-order chi connectivity index (χ1) is 27.1. The first-order valence-corrected chi connectivity index (χ1v) is 19.5. The molecule has 0 N–H and O–H groups in total. The number of hydrogen-bond donors (Lipinski definition) is 0. The average molecular weight is 710 g/mol. The number of rotatable bonds is 4. The van der Waals surface area contributed by atoms with E-state index in [0.29, 0.717) is 0 Å². The highest BCUT2D eigenvalue weighted by Gasteiger charge is 2.56. The lowest BCUT2D eigenvalue weighted by Gasteiger charge is -2.48. The molecule has 0 fully saturated rings. The van der Waals surface area contributed by atoms with Crippen molar-refractivity contribution >= 4 is 50.2 Å². The molecule has 0 saturated carbocycles. The second-order valence-electron chi connectivity index (χ2n) is 16.0. The predicted octanol–water partition coefficient (Wildman–Crippen LogP) is 12.5. The van der Waals surface area contributed by atoms with Gasteiger partial charge in [-0.05, 0) is 95.6 Å². The summed E-state index contributed by atoms with van der Waals surface area (Å²) in [5, 5.41) is 2.48. The van der Waals surface area contributed by atoms with Crippen LogP contribution in [0.3, 0.4) is 0 Å².